The Morgan fingerprint density at radius 3 is 2.79 bits per heavy atom. The Morgan fingerprint density at radius 1 is 1.37 bits per heavy atom. The van der Waals surface area contributed by atoms with E-state index in [1.165, 1.54) is 11.1 Å². The molecule has 0 spiro atoms. The van der Waals surface area contributed by atoms with Crippen LogP contribution in [0.3, 0.4) is 0 Å². The van der Waals surface area contributed by atoms with Gasteiger partial charge in [-0.1, -0.05) is 24.3 Å². The maximum Gasteiger partial charge on any atom is 0.237 e. The third-order valence-electron chi connectivity index (χ3n) is 4.33. The standard InChI is InChI=1S/C15H20N2O2/c18-10-15(5-6-15)9-17-14(19)13-7-11-3-1-2-4-12(11)8-16-13/h1-4,13,16,18H,5-10H2,(H,17,19). The maximum atomic E-state index is 12.1. The van der Waals surface area contributed by atoms with Gasteiger partial charge in [0.2, 0.25) is 5.91 Å². The molecule has 3 N–H and O–H groups in total. The highest BCUT2D eigenvalue weighted by Gasteiger charge is 2.42. The molecule has 2 aliphatic rings. The van der Waals surface area contributed by atoms with Crippen molar-refractivity contribution >= 4 is 5.91 Å². The lowest BCUT2D eigenvalue weighted by Crippen LogP contribution is -2.49. The van der Waals surface area contributed by atoms with E-state index >= 15 is 0 Å². The van der Waals surface area contributed by atoms with Gasteiger partial charge in [-0.25, -0.2) is 0 Å². The highest BCUT2D eigenvalue weighted by molar-refractivity contribution is 5.82. The van der Waals surface area contributed by atoms with Gasteiger partial charge in [0.15, 0.2) is 0 Å². The topological polar surface area (TPSA) is 61.4 Å². The van der Waals surface area contributed by atoms with Gasteiger partial charge in [0.25, 0.3) is 0 Å². The van der Waals surface area contributed by atoms with E-state index in [-0.39, 0.29) is 24.0 Å². The quantitative estimate of drug-likeness (QED) is 0.742. The molecule has 1 amide bonds. The fourth-order valence-electron chi connectivity index (χ4n) is 2.61. The van der Waals surface area contributed by atoms with Crippen LogP contribution in [-0.4, -0.2) is 30.2 Å². The van der Waals surface area contributed by atoms with Crippen molar-refractivity contribution in [1.82, 2.24) is 10.6 Å². The number of amides is 1. The fourth-order valence-corrected chi connectivity index (χ4v) is 2.61. The van der Waals surface area contributed by atoms with E-state index in [0.29, 0.717) is 6.54 Å². The molecule has 0 bridgehead atoms. The second-order valence-corrected chi connectivity index (χ2v) is 5.78. The van der Waals surface area contributed by atoms with E-state index in [2.05, 4.69) is 22.8 Å². The Hall–Kier alpha value is -1.39. The molecule has 1 aromatic rings. The van der Waals surface area contributed by atoms with E-state index in [0.717, 1.165) is 25.8 Å². The van der Waals surface area contributed by atoms with Gasteiger partial charge in [-0.15, -0.1) is 0 Å². The summed E-state index contributed by atoms with van der Waals surface area (Å²) < 4.78 is 0. The van der Waals surface area contributed by atoms with Crippen LogP contribution in [0.25, 0.3) is 0 Å². The normalized spacial score (nSPS) is 23.5. The molecule has 1 fully saturated rings. The van der Waals surface area contributed by atoms with Crippen LogP contribution in [0.2, 0.25) is 0 Å². The molecule has 1 aromatic carbocycles. The summed E-state index contributed by atoms with van der Waals surface area (Å²) in [6.07, 6.45) is 2.78. The van der Waals surface area contributed by atoms with Crippen LogP contribution < -0.4 is 10.6 Å². The number of fused-ring (bicyclic) bond motifs is 1. The van der Waals surface area contributed by atoms with Crippen molar-refractivity contribution in [3.05, 3.63) is 35.4 Å². The van der Waals surface area contributed by atoms with Crippen molar-refractivity contribution in [3.8, 4) is 0 Å². The minimum Gasteiger partial charge on any atom is -0.396 e. The van der Waals surface area contributed by atoms with E-state index in [1.807, 2.05) is 12.1 Å². The summed E-state index contributed by atoms with van der Waals surface area (Å²) in [6.45, 7) is 1.52. The predicted octanol–water partition coefficient (Wildman–Crippen LogP) is 0.590. The van der Waals surface area contributed by atoms with Crippen LogP contribution in [0.1, 0.15) is 24.0 Å². The first-order valence-corrected chi connectivity index (χ1v) is 6.91. The van der Waals surface area contributed by atoms with E-state index in [1.54, 1.807) is 0 Å². The molecule has 0 radical (unpaired) electrons. The summed E-state index contributed by atoms with van der Waals surface area (Å²) in [6, 6.07) is 8.08. The number of benzene rings is 1. The Morgan fingerprint density at radius 2 is 2.11 bits per heavy atom. The molecule has 1 heterocycles. The Labute approximate surface area is 113 Å². The minimum absolute atomic E-state index is 0.0256. The average molecular weight is 260 g/mol. The highest BCUT2D eigenvalue weighted by Crippen LogP contribution is 2.44. The third-order valence-corrected chi connectivity index (χ3v) is 4.33. The van der Waals surface area contributed by atoms with Gasteiger partial charge in [-0.05, 0) is 30.4 Å². The number of hydrogen-bond acceptors (Lipinski definition) is 3. The minimum atomic E-state index is -0.149. The first-order valence-electron chi connectivity index (χ1n) is 6.91. The molecule has 1 atom stereocenters. The molecule has 4 nitrogen and oxygen atoms in total. The Balaban J connectivity index is 1.57. The van der Waals surface area contributed by atoms with Gasteiger partial charge in [-0.2, -0.15) is 0 Å². The highest BCUT2D eigenvalue weighted by atomic mass is 16.3. The lowest BCUT2D eigenvalue weighted by molar-refractivity contribution is -0.123. The summed E-state index contributed by atoms with van der Waals surface area (Å²) in [4.78, 5) is 12.1. The van der Waals surface area contributed by atoms with Gasteiger partial charge in [0.1, 0.15) is 0 Å². The van der Waals surface area contributed by atoms with Crippen LogP contribution in [0.4, 0.5) is 0 Å². The van der Waals surface area contributed by atoms with Crippen LogP contribution in [0.5, 0.6) is 0 Å². The smallest absolute Gasteiger partial charge is 0.237 e. The molecular formula is C15H20N2O2. The molecule has 4 heteroatoms. The molecule has 0 saturated heterocycles. The predicted molar refractivity (Wildman–Crippen MR) is 72.5 cm³/mol. The van der Waals surface area contributed by atoms with E-state index in [9.17, 15) is 9.90 Å². The summed E-state index contributed by atoms with van der Waals surface area (Å²) in [5.41, 5.74) is 2.51. The van der Waals surface area contributed by atoms with E-state index in [4.69, 9.17) is 0 Å². The van der Waals surface area contributed by atoms with Crippen molar-refractivity contribution in [2.24, 2.45) is 5.41 Å². The Bertz CT molecular complexity index is 483. The SMILES string of the molecule is O=C(NCC1(CO)CC1)C1Cc2ccccc2CN1. The molecule has 1 saturated carbocycles. The van der Waals surface area contributed by atoms with Crippen LogP contribution >= 0.6 is 0 Å². The maximum absolute atomic E-state index is 12.1. The van der Waals surface area contributed by atoms with Crippen molar-refractivity contribution in [3.63, 3.8) is 0 Å². The van der Waals surface area contributed by atoms with Gasteiger partial charge in [-0.3, -0.25) is 4.79 Å². The van der Waals surface area contributed by atoms with Crippen LogP contribution in [0, 0.1) is 5.41 Å². The fraction of sp³-hybridized carbons (Fsp3) is 0.533. The second kappa shape index (κ2) is 4.94. The number of carbonyl (C=O) groups is 1. The lowest BCUT2D eigenvalue weighted by atomic mass is 9.95. The second-order valence-electron chi connectivity index (χ2n) is 5.78. The number of rotatable bonds is 4. The number of hydrogen-bond donors (Lipinski definition) is 3. The molecule has 0 aromatic heterocycles. The van der Waals surface area contributed by atoms with Crippen molar-refractivity contribution in [2.75, 3.05) is 13.2 Å². The van der Waals surface area contributed by atoms with Crippen LogP contribution in [0.15, 0.2) is 24.3 Å². The monoisotopic (exact) mass is 260 g/mol. The summed E-state index contributed by atoms with van der Waals surface area (Å²) in [7, 11) is 0. The molecule has 102 valence electrons. The number of aliphatic hydroxyl groups is 1. The van der Waals surface area contributed by atoms with Crippen molar-refractivity contribution in [2.45, 2.75) is 31.8 Å². The van der Waals surface area contributed by atoms with Crippen molar-refractivity contribution < 1.29 is 9.90 Å². The summed E-state index contributed by atoms with van der Waals surface area (Å²) in [5, 5.41) is 15.5. The molecular weight excluding hydrogens is 240 g/mol. The zero-order valence-corrected chi connectivity index (χ0v) is 11.0. The summed E-state index contributed by atoms with van der Waals surface area (Å²) in [5.74, 6) is 0.0502. The zero-order chi connectivity index (χ0) is 13.3. The molecule has 3 rings (SSSR count). The number of nitrogens with one attached hydrogen (secondary N) is 2. The van der Waals surface area contributed by atoms with Gasteiger partial charge in [0.05, 0.1) is 12.6 Å². The third kappa shape index (κ3) is 2.65. The largest absolute Gasteiger partial charge is 0.396 e. The van der Waals surface area contributed by atoms with Crippen molar-refractivity contribution in [1.29, 1.82) is 0 Å². The molecule has 1 aliphatic heterocycles. The first kappa shape index (κ1) is 12.6. The first-order chi connectivity index (χ1) is 9.22. The average Bonchev–Trinajstić information content (AvgIpc) is 3.25. The van der Waals surface area contributed by atoms with E-state index < -0.39 is 0 Å². The van der Waals surface area contributed by atoms with Gasteiger partial charge >= 0.3 is 0 Å². The molecule has 19 heavy (non-hydrogen) atoms. The molecule has 1 aliphatic carbocycles. The van der Waals surface area contributed by atoms with Crippen LogP contribution in [-0.2, 0) is 17.8 Å². The summed E-state index contributed by atoms with van der Waals surface area (Å²) >= 11 is 0. The molecule has 1 unspecified atom stereocenters. The number of aliphatic hydroxyl groups excluding tert-OH is 1. The Kier molecular flexibility index (Phi) is 3.29. The number of carbonyl (C=O) groups excluding carboxylic acids is 1. The zero-order valence-electron chi connectivity index (χ0n) is 11.0. The van der Waals surface area contributed by atoms with Gasteiger partial charge < -0.3 is 15.7 Å². The van der Waals surface area contributed by atoms with Gasteiger partial charge in [0, 0.05) is 18.5 Å². The lowest BCUT2D eigenvalue weighted by Gasteiger charge is -2.26.